The third-order valence-electron chi connectivity index (χ3n) is 3.38. The maximum absolute atomic E-state index is 12.1. The van der Waals surface area contributed by atoms with Crippen molar-refractivity contribution in [1.82, 2.24) is 4.98 Å². The van der Waals surface area contributed by atoms with Gasteiger partial charge in [-0.3, -0.25) is 0 Å². The molecule has 0 bridgehead atoms. The lowest BCUT2D eigenvalue weighted by Gasteiger charge is -2.13. The van der Waals surface area contributed by atoms with Gasteiger partial charge in [0.15, 0.2) is 0 Å². The molecule has 0 N–H and O–H groups in total. The first-order valence-corrected chi connectivity index (χ1v) is 7.30. The third kappa shape index (κ3) is 2.41. The summed E-state index contributed by atoms with van der Waals surface area (Å²) in [4.78, 5) is 17.2. The molecule has 2 atom stereocenters. The summed E-state index contributed by atoms with van der Waals surface area (Å²) < 4.78 is 11.0. The van der Waals surface area contributed by atoms with Crippen molar-refractivity contribution in [2.75, 3.05) is 0 Å². The van der Waals surface area contributed by atoms with Gasteiger partial charge < -0.3 is 9.47 Å². The van der Waals surface area contributed by atoms with Gasteiger partial charge in [-0.1, -0.05) is 25.1 Å². The van der Waals surface area contributed by atoms with E-state index < -0.39 is 6.10 Å². The first kappa shape index (κ1) is 13.1. The lowest BCUT2D eigenvalue weighted by Crippen LogP contribution is -2.29. The Bertz CT molecular complexity index is 638. The summed E-state index contributed by atoms with van der Waals surface area (Å²) in [7, 11) is 0. The Labute approximate surface area is 121 Å². The molecule has 2 aromatic rings. The number of hydrogen-bond donors (Lipinski definition) is 0. The van der Waals surface area contributed by atoms with Gasteiger partial charge in [-0.2, -0.15) is 0 Å². The summed E-state index contributed by atoms with van der Waals surface area (Å²) >= 11 is 1.53. The van der Waals surface area contributed by atoms with Gasteiger partial charge in [0.1, 0.15) is 12.4 Å². The molecule has 1 aliphatic rings. The van der Waals surface area contributed by atoms with Gasteiger partial charge in [0.25, 0.3) is 0 Å². The monoisotopic (exact) mass is 289 g/mol. The molecular formula is C15H15NO3S. The van der Waals surface area contributed by atoms with E-state index in [0.717, 1.165) is 21.2 Å². The Morgan fingerprint density at radius 3 is 2.95 bits per heavy atom. The third-order valence-corrected chi connectivity index (χ3v) is 4.26. The van der Waals surface area contributed by atoms with Crippen LogP contribution in [0.15, 0.2) is 30.5 Å². The molecule has 20 heavy (non-hydrogen) atoms. The van der Waals surface area contributed by atoms with Crippen molar-refractivity contribution in [3.05, 3.63) is 45.9 Å². The highest BCUT2D eigenvalue weighted by Crippen LogP contribution is 2.38. The number of ether oxygens (including phenoxy) is 2. The quantitative estimate of drug-likeness (QED) is 0.815. The second kappa shape index (κ2) is 5.25. The van der Waals surface area contributed by atoms with Crippen LogP contribution in [0, 0.1) is 6.92 Å². The number of fused-ring (bicyclic) bond motifs is 1. The molecule has 104 valence electrons. The van der Waals surface area contributed by atoms with E-state index in [1.54, 1.807) is 6.20 Å². The van der Waals surface area contributed by atoms with Crippen molar-refractivity contribution in [1.29, 1.82) is 0 Å². The van der Waals surface area contributed by atoms with Gasteiger partial charge in [0.2, 0.25) is 6.10 Å². The number of carbonyl (C=O) groups is 1. The summed E-state index contributed by atoms with van der Waals surface area (Å²) in [5.41, 5.74) is 1.06. The zero-order chi connectivity index (χ0) is 14.1. The number of hydrogen-bond acceptors (Lipinski definition) is 5. The van der Waals surface area contributed by atoms with Crippen molar-refractivity contribution in [2.24, 2.45) is 0 Å². The van der Waals surface area contributed by atoms with Crippen molar-refractivity contribution in [3.8, 4) is 5.75 Å². The molecule has 0 fully saturated rings. The molecule has 0 unspecified atom stereocenters. The normalized spacial score (nSPS) is 20.3. The summed E-state index contributed by atoms with van der Waals surface area (Å²) in [6, 6.07) is 7.72. The molecule has 0 saturated carbocycles. The average Bonchev–Trinajstić information content (AvgIpc) is 3.01. The van der Waals surface area contributed by atoms with Crippen molar-refractivity contribution < 1.29 is 14.3 Å². The van der Waals surface area contributed by atoms with Crippen LogP contribution < -0.4 is 4.74 Å². The smallest absolute Gasteiger partial charge is 0.348 e. The van der Waals surface area contributed by atoms with E-state index in [1.807, 2.05) is 38.1 Å². The number of aromatic nitrogens is 1. The second-order valence-corrected chi connectivity index (χ2v) is 6.14. The SMILES string of the molecule is Cc1ncc(COC(=O)[C@H]2Oc3ccccc3[C@H]2C)s1. The van der Waals surface area contributed by atoms with Gasteiger partial charge in [0.05, 0.1) is 9.88 Å². The van der Waals surface area contributed by atoms with E-state index in [9.17, 15) is 4.79 Å². The molecule has 0 aliphatic carbocycles. The molecule has 4 nitrogen and oxygen atoms in total. The number of aryl methyl sites for hydroxylation is 1. The number of esters is 1. The summed E-state index contributed by atoms with van der Waals surface area (Å²) in [6.07, 6.45) is 1.18. The Balaban J connectivity index is 1.64. The maximum atomic E-state index is 12.1. The molecule has 2 heterocycles. The lowest BCUT2D eigenvalue weighted by atomic mass is 9.98. The molecule has 0 spiro atoms. The Morgan fingerprint density at radius 2 is 2.25 bits per heavy atom. The highest BCUT2D eigenvalue weighted by molar-refractivity contribution is 7.11. The Hall–Kier alpha value is -1.88. The maximum Gasteiger partial charge on any atom is 0.348 e. The van der Waals surface area contributed by atoms with E-state index in [4.69, 9.17) is 9.47 Å². The Morgan fingerprint density at radius 1 is 1.45 bits per heavy atom. The van der Waals surface area contributed by atoms with Crippen LogP contribution in [0.1, 0.15) is 28.3 Å². The second-order valence-electron chi connectivity index (χ2n) is 4.82. The van der Waals surface area contributed by atoms with Gasteiger partial charge in [-0.15, -0.1) is 11.3 Å². The number of nitrogens with zero attached hydrogens (tertiary/aromatic N) is 1. The highest BCUT2D eigenvalue weighted by Gasteiger charge is 2.37. The average molecular weight is 289 g/mol. The number of carbonyl (C=O) groups excluding carboxylic acids is 1. The fraction of sp³-hybridized carbons (Fsp3) is 0.333. The van der Waals surface area contributed by atoms with Crippen LogP contribution in [-0.4, -0.2) is 17.1 Å². The topological polar surface area (TPSA) is 48.4 Å². The van der Waals surface area contributed by atoms with E-state index in [2.05, 4.69) is 4.98 Å². The molecule has 5 heteroatoms. The van der Waals surface area contributed by atoms with Crippen LogP contribution in [0.4, 0.5) is 0 Å². The van der Waals surface area contributed by atoms with Crippen LogP contribution in [0.5, 0.6) is 5.75 Å². The predicted molar refractivity (Wildman–Crippen MR) is 75.9 cm³/mol. The number of para-hydroxylation sites is 1. The zero-order valence-electron chi connectivity index (χ0n) is 11.3. The molecule has 1 aromatic heterocycles. The molecule has 0 radical (unpaired) electrons. The molecular weight excluding hydrogens is 274 g/mol. The summed E-state index contributed by atoms with van der Waals surface area (Å²) in [5, 5.41) is 0.967. The first-order valence-electron chi connectivity index (χ1n) is 6.48. The molecule has 0 saturated heterocycles. The predicted octanol–water partition coefficient (Wildman–Crippen LogP) is 3.06. The van der Waals surface area contributed by atoms with Gasteiger partial charge in [-0.05, 0) is 13.0 Å². The van der Waals surface area contributed by atoms with Crippen LogP contribution in [0.3, 0.4) is 0 Å². The molecule has 3 rings (SSSR count). The van der Waals surface area contributed by atoms with Crippen LogP contribution in [-0.2, 0) is 16.1 Å². The highest BCUT2D eigenvalue weighted by atomic mass is 32.1. The van der Waals surface area contributed by atoms with Gasteiger partial charge >= 0.3 is 5.97 Å². The van der Waals surface area contributed by atoms with Crippen LogP contribution in [0.2, 0.25) is 0 Å². The number of benzene rings is 1. The van der Waals surface area contributed by atoms with E-state index in [0.29, 0.717) is 0 Å². The van der Waals surface area contributed by atoms with E-state index >= 15 is 0 Å². The minimum absolute atomic E-state index is 0.0156. The van der Waals surface area contributed by atoms with E-state index in [-0.39, 0.29) is 18.5 Å². The van der Waals surface area contributed by atoms with Crippen molar-refractivity contribution in [2.45, 2.75) is 32.5 Å². The molecule has 1 aromatic carbocycles. The first-order chi connectivity index (χ1) is 9.65. The lowest BCUT2D eigenvalue weighted by molar-refractivity contribution is -0.153. The fourth-order valence-electron chi connectivity index (χ4n) is 2.31. The van der Waals surface area contributed by atoms with Crippen LogP contribution >= 0.6 is 11.3 Å². The Kier molecular flexibility index (Phi) is 3.44. The van der Waals surface area contributed by atoms with Crippen molar-refractivity contribution >= 4 is 17.3 Å². The number of rotatable bonds is 3. The largest absolute Gasteiger partial charge is 0.478 e. The van der Waals surface area contributed by atoms with Gasteiger partial charge in [0, 0.05) is 17.7 Å². The van der Waals surface area contributed by atoms with Gasteiger partial charge in [-0.25, -0.2) is 9.78 Å². The standard InChI is InChI=1S/C15H15NO3S/c1-9-12-5-3-4-6-13(12)19-14(9)15(17)18-8-11-7-16-10(2)20-11/h3-7,9,14H,8H2,1-2H3/t9-,14+/m1/s1. The minimum Gasteiger partial charge on any atom is -0.478 e. The fourth-order valence-corrected chi connectivity index (χ4v) is 3.02. The van der Waals surface area contributed by atoms with Crippen LogP contribution in [0.25, 0.3) is 0 Å². The number of thiazole rings is 1. The van der Waals surface area contributed by atoms with E-state index in [1.165, 1.54) is 11.3 Å². The van der Waals surface area contributed by atoms with Crippen molar-refractivity contribution in [3.63, 3.8) is 0 Å². The summed E-state index contributed by atoms with van der Waals surface area (Å²) in [5.74, 6) is 0.470. The zero-order valence-corrected chi connectivity index (χ0v) is 12.1. The molecule has 1 aliphatic heterocycles. The minimum atomic E-state index is -0.554. The summed E-state index contributed by atoms with van der Waals surface area (Å²) in [6.45, 7) is 4.16. The molecule has 0 amide bonds.